The Labute approximate surface area is 133 Å². The molecule has 1 unspecified atom stereocenters. The van der Waals surface area contributed by atoms with E-state index in [0.29, 0.717) is 11.4 Å². The van der Waals surface area contributed by atoms with Gasteiger partial charge in [-0.05, 0) is 30.0 Å². The molecule has 21 heavy (non-hydrogen) atoms. The maximum absolute atomic E-state index is 12.3. The highest BCUT2D eigenvalue weighted by Gasteiger charge is 2.33. The Hall–Kier alpha value is -0.620. The minimum Gasteiger partial charge on any atom is -0.316 e. The van der Waals surface area contributed by atoms with E-state index >= 15 is 0 Å². The Morgan fingerprint density at radius 3 is 2.81 bits per heavy atom. The predicted molar refractivity (Wildman–Crippen MR) is 86.6 cm³/mol. The Balaban J connectivity index is 0.00000161. The van der Waals surface area contributed by atoms with E-state index in [1.54, 1.807) is 6.07 Å². The van der Waals surface area contributed by atoms with Crippen molar-refractivity contribution in [3.63, 3.8) is 0 Å². The zero-order valence-corrected chi connectivity index (χ0v) is 14.0. The third kappa shape index (κ3) is 3.59. The zero-order valence-electron chi connectivity index (χ0n) is 12.3. The number of benzene rings is 1. The van der Waals surface area contributed by atoms with Gasteiger partial charge in [0, 0.05) is 26.2 Å². The summed E-state index contributed by atoms with van der Waals surface area (Å²) in [6.45, 7) is 6.72. The summed E-state index contributed by atoms with van der Waals surface area (Å²) in [5.74, 6) is 0.230. The molecule has 1 aromatic rings. The molecule has 0 aromatic heterocycles. The Morgan fingerprint density at radius 1 is 1.33 bits per heavy atom. The van der Waals surface area contributed by atoms with Crippen LogP contribution in [-0.4, -0.2) is 45.2 Å². The van der Waals surface area contributed by atoms with Gasteiger partial charge < -0.3 is 5.32 Å². The second-order valence-corrected chi connectivity index (χ2v) is 8.45. The molecule has 3 rings (SSSR count). The number of nitrogens with zero attached hydrogens (tertiary/aromatic N) is 1. The highest BCUT2D eigenvalue weighted by atomic mass is 35.5. The summed E-state index contributed by atoms with van der Waals surface area (Å²) in [5.41, 5.74) is 1.21. The van der Waals surface area contributed by atoms with Gasteiger partial charge in [-0.3, -0.25) is 4.90 Å². The molecule has 1 saturated heterocycles. The first-order chi connectivity index (χ1) is 9.49. The van der Waals surface area contributed by atoms with Gasteiger partial charge in [0.1, 0.15) is 0 Å². The van der Waals surface area contributed by atoms with Crippen molar-refractivity contribution < 1.29 is 8.42 Å². The van der Waals surface area contributed by atoms with Crippen LogP contribution in [0.1, 0.15) is 18.9 Å². The number of fused-ring (bicyclic) bond motifs is 1. The molecule has 1 aromatic carbocycles. The molecule has 0 saturated carbocycles. The smallest absolute Gasteiger partial charge is 0.179 e. The minimum atomic E-state index is -3.12. The third-order valence-corrected chi connectivity index (χ3v) is 6.23. The molecule has 0 bridgehead atoms. The lowest BCUT2D eigenvalue weighted by molar-refractivity contribution is 0.179. The molecule has 4 nitrogen and oxygen atoms in total. The first kappa shape index (κ1) is 16.7. The normalized spacial score (nSPS) is 28.4. The van der Waals surface area contributed by atoms with Gasteiger partial charge in [0.2, 0.25) is 0 Å². The molecule has 0 radical (unpaired) electrons. The number of halogens is 1. The zero-order chi connectivity index (χ0) is 14.2. The molecule has 0 amide bonds. The fraction of sp³-hybridized carbons (Fsp3) is 0.600. The summed E-state index contributed by atoms with van der Waals surface area (Å²) in [4.78, 5) is 2.83. The summed E-state index contributed by atoms with van der Waals surface area (Å²) in [6, 6.07) is 7.43. The molecule has 1 atom stereocenters. The van der Waals surface area contributed by atoms with E-state index in [1.807, 2.05) is 18.2 Å². The van der Waals surface area contributed by atoms with E-state index in [1.165, 1.54) is 0 Å². The van der Waals surface area contributed by atoms with Crippen LogP contribution in [0, 0.1) is 5.41 Å². The van der Waals surface area contributed by atoms with E-state index in [9.17, 15) is 8.42 Å². The van der Waals surface area contributed by atoms with Gasteiger partial charge in [-0.1, -0.05) is 25.1 Å². The molecule has 1 fully saturated rings. The van der Waals surface area contributed by atoms with Gasteiger partial charge in [0.15, 0.2) is 9.84 Å². The van der Waals surface area contributed by atoms with Crippen molar-refractivity contribution in [2.45, 2.75) is 24.8 Å². The summed E-state index contributed by atoms with van der Waals surface area (Å²) >= 11 is 0. The van der Waals surface area contributed by atoms with Crippen molar-refractivity contribution in [2.75, 3.05) is 31.9 Å². The monoisotopic (exact) mass is 330 g/mol. The van der Waals surface area contributed by atoms with Crippen LogP contribution in [0.2, 0.25) is 0 Å². The fourth-order valence-electron chi connectivity index (χ4n) is 3.30. The highest BCUT2D eigenvalue weighted by Crippen LogP contribution is 2.29. The van der Waals surface area contributed by atoms with Crippen LogP contribution in [0.15, 0.2) is 29.2 Å². The van der Waals surface area contributed by atoms with Crippen LogP contribution in [0.3, 0.4) is 0 Å². The third-order valence-electron chi connectivity index (χ3n) is 4.44. The van der Waals surface area contributed by atoms with Crippen molar-refractivity contribution >= 4 is 22.2 Å². The lowest BCUT2D eigenvalue weighted by Crippen LogP contribution is -2.38. The molecule has 118 valence electrons. The van der Waals surface area contributed by atoms with E-state index in [4.69, 9.17) is 0 Å². The number of rotatable bonds is 2. The first-order valence-corrected chi connectivity index (χ1v) is 8.88. The molecule has 6 heteroatoms. The molecule has 0 spiro atoms. The quantitative estimate of drug-likeness (QED) is 0.896. The topological polar surface area (TPSA) is 49.4 Å². The van der Waals surface area contributed by atoms with Crippen molar-refractivity contribution in [3.8, 4) is 0 Å². The van der Waals surface area contributed by atoms with Crippen LogP contribution in [0.4, 0.5) is 0 Å². The second-order valence-electron chi connectivity index (χ2n) is 6.37. The maximum Gasteiger partial charge on any atom is 0.179 e. The van der Waals surface area contributed by atoms with Crippen LogP contribution < -0.4 is 5.32 Å². The summed E-state index contributed by atoms with van der Waals surface area (Å²) in [6.07, 6.45) is 1.16. The van der Waals surface area contributed by atoms with Gasteiger partial charge in [-0.15, -0.1) is 12.4 Å². The number of hydrogen-bond donors (Lipinski definition) is 1. The summed E-state index contributed by atoms with van der Waals surface area (Å²) < 4.78 is 24.6. The summed E-state index contributed by atoms with van der Waals surface area (Å²) in [5, 5.41) is 3.41. The van der Waals surface area contributed by atoms with E-state index in [-0.39, 0.29) is 23.6 Å². The van der Waals surface area contributed by atoms with E-state index in [0.717, 1.165) is 38.2 Å². The number of hydrogen-bond acceptors (Lipinski definition) is 4. The van der Waals surface area contributed by atoms with Gasteiger partial charge in [-0.25, -0.2) is 8.42 Å². The number of nitrogens with one attached hydrogen (secondary N) is 1. The van der Waals surface area contributed by atoms with Crippen LogP contribution in [0.25, 0.3) is 0 Å². The SMILES string of the molecule is CC1(CN2CCS(=O)(=O)c3ccccc3C2)CCNC1.Cl. The highest BCUT2D eigenvalue weighted by molar-refractivity contribution is 7.91. The van der Waals surface area contributed by atoms with Crippen molar-refractivity contribution in [2.24, 2.45) is 5.41 Å². The van der Waals surface area contributed by atoms with Crippen LogP contribution in [-0.2, 0) is 16.4 Å². The summed E-state index contributed by atoms with van der Waals surface area (Å²) in [7, 11) is -3.12. The van der Waals surface area contributed by atoms with Gasteiger partial charge >= 0.3 is 0 Å². The Bertz CT molecular complexity index is 597. The van der Waals surface area contributed by atoms with Gasteiger partial charge in [-0.2, -0.15) is 0 Å². The molecule has 0 aliphatic carbocycles. The Kier molecular flexibility index (Phi) is 4.98. The lowest BCUT2D eigenvalue weighted by atomic mass is 9.89. The molecule has 2 aliphatic heterocycles. The first-order valence-electron chi connectivity index (χ1n) is 7.22. The Morgan fingerprint density at radius 2 is 2.10 bits per heavy atom. The molecule has 1 N–H and O–H groups in total. The minimum absolute atomic E-state index is 0. The van der Waals surface area contributed by atoms with E-state index in [2.05, 4.69) is 17.1 Å². The molecule has 2 aliphatic rings. The molecule has 2 heterocycles. The maximum atomic E-state index is 12.3. The molecular weight excluding hydrogens is 308 g/mol. The standard InChI is InChI=1S/C15H22N2O2S.ClH/c1-15(6-7-16-11-15)12-17-8-9-20(18,19)14-5-3-2-4-13(14)10-17;/h2-5,16H,6-12H2,1H3;1H. The fourth-order valence-corrected chi connectivity index (χ4v) is 4.83. The van der Waals surface area contributed by atoms with Gasteiger partial charge in [0.25, 0.3) is 0 Å². The van der Waals surface area contributed by atoms with Crippen LogP contribution in [0.5, 0.6) is 0 Å². The van der Waals surface area contributed by atoms with Crippen molar-refractivity contribution in [1.82, 2.24) is 10.2 Å². The van der Waals surface area contributed by atoms with Crippen molar-refractivity contribution in [1.29, 1.82) is 0 Å². The van der Waals surface area contributed by atoms with Crippen molar-refractivity contribution in [3.05, 3.63) is 29.8 Å². The van der Waals surface area contributed by atoms with Gasteiger partial charge in [0.05, 0.1) is 10.6 Å². The number of sulfone groups is 1. The second kappa shape index (κ2) is 6.24. The molecular formula is C15H23ClN2O2S. The van der Waals surface area contributed by atoms with E-state index < -0.39 is 9.84 Å². The largest absolute Gasteiger partial charge is 0.316 e. The predicted octanol–water partition coefficient (Wildman–Crippen LogP) is 1.70. The average Bonchev–Trinajstić information content (AvgIpc) is 2.78. The van der Waals surface area contributed by atoms with Crippen LogP contribution >= 0.6 is 12.4 Å². The average molecular weight is 331 g/mol. The lowest BCUT2D eigenvalue weighted by Gasteiger charge is -2.31.